The Hall–Kier alpha value is -1.93. The molecule has 0 atom stereocenters. The van der Waals surface area contributed by atoms with Crippen LogP contribution in [0.5, 0.6) is 0 Å². The van der Waals surface area contributed by atoms with Crippen molar-refractivity contribution < 1.29 is 23.5 Å². The third-order valence-corrected chi connectivity index (χ3v) is 4.64. The number of halogens is 3. The quantitative estimate of drug-likeness (QED) is 0.682. The summed E-state index contributed by atoms with van der Waals surface area (Å²) < 4.78 is 25.6. The Balaban J connectivity index is 1.85. The Bertz CT molecular complexity index is 639. The summed E-state index contributed by atoms with van der Waals surface area (Å²) in [6.45, 7) is 2.47. The molecule has 1 aromatic carbocycles. The number of carbonyl (C=O) groups is 2. The zero-order chi connectivity index (χ0) is 18.6. The van der Waals surface area contributed by atoms with Crippen LogP contribution in [0.25, 0.3) is 0 Å². The summed E-state index contributed by atoms with van der Waals surface area (Å²) in [6.07, 6.45) is -1.45. The molecule has 2 rings (SSSR count). The number of alkyl halides is 2. The van der Waals surface area contributed by atoms with E-state index in [2.05, 4.69) is 10.6 Å². The lowest BCUT2D eigenvalue weighted by Crippen LogP contribution is -2.55. The number of anilines is 1. The van der Waals surface area contributed by atoms with Crippen molar-refractivity contribution in [2.75, 3.05) is 18.4 Å². The maximum Gasteiger partial charge on any atom is 0.319 e. The summed E-state index contributed by atoms with van der Waals surface area (Å²) >= 11 is 5.88. The number of carboxylic acids is 1. The molecule has 6 nitrogen and oxygen atoms in total. The molecule has 0 bridgehead atoms. The van der Waals surface area contributed by atoms with E-state index in [-0.39, 0.29) is 34.9 Å². The lowest BCUT2D eigenvalue weighted by molar-refractivity contribution is -0.139. The van der Waals surface area contributed by atoms with Crippen LogP contribution in [-0.2, 0) is 4.79 Å². The van der Waals surface area contributed by atoms with Gasteiger partial charge in [0.05, 0.1) is 17.3 Å². The van der Waals surface area contributed by atoms with Gasteiger partial charge in [0, 0.05) is 17.6 Å². The number of hydrogen-bond donors (Lipinski definition) is 3. The second-order valence-electron chi connectivity index (χ2n) is 5.89. The van der Waals surface area contributed by atoms with E-state index < -0.39 is 18.4 Å². The number of urea groups is 1. The zero-order valence-electron chi connectivity index (χ0n) is 13.6. The van der Waals surface area contributed by atoms with Crippen LogP contribution in [0.2, 0.25) is 5.02 Å². The van der Waals surface area contributed by atoms with Gasteiger partial charge in [-0.05, 0) is 25.5 Å². The summed E-state index contributed by atoms with van der Waals surface area (Å²) in [6, 6.07) is 3.53. The molecule has 1 aliphatic rings. The highest BCUT2D eigenvalue weighted by atomic mass is 35.5. The van der Waals surface area contributed by atoms with Crippen LogP contribution in [0.15, 0.2) is 18.2 Å². The summed E-state index contributed by atoms with van der Waals surface area (Å²) in [5.74, 6) is -0.885. The van der Waals surface area contributed by atoms with Crippen molar-refractivity contribution in [2.24, 2.45) is 0 Å². The Labute approximate surface area is 149 Å². The van der Waals surface area contributed by atoms with Crippen LogP contribution < -0.4 is 10.6 Å². The van der Waals surface area contributed by atoms with Gasteiger partial charge in [0.2, 0.25) is 0 Å². The monoisotopic (exact) mass is 375 g/mol. The molecule has 138 valence electrons. The Morgan fingerprint density at radius 1 is 1.40 bits per heavy atom. The number of carboxylic acid groups (broad SMARTS) is 1. The van der Waals surface area contributed by atoms with E-state index >= 15 is 0 Å². The van der Waals surface area contributed by atoms with Gasteiger partial charge in [-0.15, -0.1) is 0 Å². The van der Waals surface area contributed by atoms with Crippen molar-refractivity contribution in [1.29, 1.82) is 0 Å². The molecule has 0 spiro atoms. The highest BCUT2D eigenvalue weighted by Gasteiger charge is 2.34. The smallest absolute Gasteiger partial charge is 0.319 e. The van der Waals surface area contributed by atoms with Crippen LogP contribution in [0, 0.1) is 0 Å². The zero-order valence-corrected chi connectivity index (χ0v) is 14.4. The number of amides is 2. The number of rotatable bonds is 7. The van der Waals surface area contributed by atoms with Gasteiger partial charge in [0.1, 0.15) is 0 Å². The normalized spacial score (nSPS) is 19.6. The first kappa shape index (κ1) is 19.4. The van der Waals surface area contributed by atoms with E-state index in [1.807, 2.05) is 11.8 Å². The first-order chi connectivity index (χ1) is 11.8. The predicted octanol–water partition coefficient (Wildman–Crippen LogP) is 3.34. The van der Waals surface area contributed by atoms with Crippen molar-refractivity contribution in [3.63, 3.8) is 0 Å². The summed E-state index contributed by atoms with van der Waals surface area (Å²) in [4.78, 5) is 24.6. The number of nitrogens with zero attached hydrogens (tertiary/aromatic N) is 1. The standard InChI is InChI=1S/C16H20ClF2N3O3/c1-2-22(8-13(23)24)10-6-9(7-10)20-16(25)21-12-5-3-4-11(14(12)17)15(18)19/h3-5,9-10,15H,2,6-8H2,1H3,(H,23,24)(H2,20,21,25). The van der Waals surface area contributed by atoms with E-state index in [1.165, 1.54) is 18.2 Å². The average molecular weight is 376 g/mol. The molecule has 0 aromatic heterocycles. The number of benzene rings is 1. The summed E-state index contributed by atoms with van der Waals surface area (Å²) in [5, 5.41) is 13.9. The molecule has 1 saturated carbocycles. The maximum atomic E-state index is 12.8. The SMILES string of the molecule is CCN(CC(=O)O)C1CC(NC(=O)Nc2cccc(C(F)F)c2Cl)C1. The van der Waals surface area contributed by atoms with E-state index in [0.29, 0.717) is 19.4 Å². The van der Waals surface area contributed by atoms with Gasteiger partial charge < -0.3 is 15.7 Å². The topological polar surface area (TPSA) is 81.7 Å². The first-order valence-electron chi connectivity index (χ1n) is 7.91. The third-order valence-electron chi connectivity index (χ3n) is 4.22. The molecule has 9 heteroatoms. The third kappa shape index (κ3) is 5.02. The molecule has 1 aromatic rings. The summed E-state index contributed by atoms with van der Waals surface area (Å²) in [5.41, 5.74) is -0.218. The molecule has 2 amide bonds. The molecule has 0 heterocycles. The average Bonchev–Trinajstić information content (AvgIpc) is 2.50. The van der Waals surface area contributed by atoms with Gasteiger partial charge >= 0.3 is 12.0 Å². The van der Waals surface area contributed by atoms with E-state index in [1.54, 1.807) is 0 Å². The molecule has 1 aliphatic carbocycles. The Morgan fingerprint density at radius 2 is 2.08 bits per heavy atom. The van der Waals surface area contributed by atoms with Crippen molar-refractivity contribution >= 4 is 29.3 Å². The minimum atomic E-state index is -2.72. The number of carbonyl (C=O) groups excluding carboxylic acids is 1. The fourth-order valence-electron chi connectivity index (χ4n) is 2.84. The van der Waals surface area contributed by atoms with Gasteiger partial charge in [-0.2, -0.15) is 0 Å². The van der Waals surface area contributed by atoms with E-state index in [9.17, 15) is 18.4 Å². The molecule has 3 N–H and O–H groups in total. The van der Waals surface area contributed by atoms with Crippen molar-refractivity contribution in [1.82, 2.24) is 10.2 Å². The van der Waals surface area contributed by atoms with Gasteiger partial charge in [-0.3, -0.25) is 9.69 Å². The molecule has 0 aliphatic heterocycles. The fraction of sp³-hybridized carbons (Fsp3) is 0.500. The summed E-state index contributed by atoms with van der Waals surface area (Å²) in [7, 11) is 0. The lowest BCUT2D eigenvalue weighted by Gasteiger charge is -2.42. The van der Waals surface area contributed by atoms with Gasteiger partial charge in [0.25, 0.3) is 6.43 Å². The van der Waals surface area contributed by atoms with Gasteiger partial charge in [-0.1, -0.05) is 30.7 Å². The number of nitrogens with one attached hydrogen (secondary N) is 2. The number of likely N-dealkylation sites (N-methyl/N-ethyl adjacent to an activating group) is 1. The second-order valence-corrected chi connectivity index (χ2v) is 6.26. The van der Waals surface area contributed by atoms with Crippen LogP contribution in [-0.4, -0.2) is 47.2 Å². The molecule has 0 unspecified atom stereocenters. The van der Waals surface area contributed by atoms with Gasteiger partial charge in [-0.25, -0.2) is 13.6 Å². The van der Waals surface area contributed by atoms with Crippen molar-refractivity contribution in [3.05, 3.63) is 28.8 Å². The Morgan fingerprint density at radius 3 is 2.64 bits per heavy atom. The van der Waals surface area contributed by atoms with Crippen LogP contribution >= 0.6 is 11.6 Å². The van der Waals surface area contributed by atoms with E-state index in [4.69, 9.17) is 16.7 Å². The van der Waals surface area contributed by atoms with Crippen LogP contribution in [0.1, 0.15) is 31.8 Å². The fourth-order valence-corrected chi connectivity index (χ4v) is 3.09. The van der Waals surface area contributed by atoms with E-state index in [0.717, 1.165) is 0 Å². The molecule has 1 fully saturated rings. The molecule has 25 heavy (non-hydrogen) atoms. The van der Waals surface area contributed by atoms with Gasteiger partial charge in [0.15, 0.2) is 0 Å². The van der Waals surface area contributed by atoms with Crippen molar-refractivity contribution in [3.8, 4) is 0 Å². The van der Waals surface area contributed by atoms with Crippen molar-refractivity contribution in [2.45, 2.75) is 38.3 Å². The number of hydrogen-bond acceptors (Lipinski definition) is 3. The molecule has 0 saturated heterocycles. The Kier molecular flexibility index (Phi) is 6.55. The molecular formula is C16H20ClF2N3O3. The van der Waals surface area contributed by atoms with Crippen LogP contribution in [0.3, 0.4) is 0 Å². The molecule has 0 radical (unpaired) electrons. The minimum absolute atomic E-state index is 0.0316. The lowest BCUT2D eigenvalue weighted by atomic mass is 9.85. The highest BCUT2D eigenvalue weighted by Crippen LogP contribution is 2.32. The number of aliphatic carboxylic acids is 1. The van der Waals surface area contributed by atoms with Crippen LogP contribution in [0.4, 0.5) is 19.3 Å². The highest BCUT2D eigenvalue weighted by molar-refractivity contribution is 6.34. The minimum Gasteiger partial charge on any atom is -0.480 e. The predicted molar refractivity (Wildman–Crippen MR) is 90.3 cm³/mol. The maximum absolute atomic E-state index is 12.8. The molecular weight excluding hydrogens is 356 g/mol. The second kappa shape index (κ2) is 8.44. The largest absolute Gasteiger partial charge is 0.480 e. The first-order valence-corrected chi connectivity index (χ1v) is 8.29.